The van der Waals surface area contributed by atoms with E-state index >= 15 is 0 Å². The van der Waals surface area contributed by atoms with Gasteiger partial charge in [-0.05, 0) is 55.9 Å². The zero-order valence-corrected chi connectivity index (χ0v) is 13.4. The van der Waals surface area contributed by atoms with Crippen LogP contribution in [-0.4, -0.2) is 31.1 Å². The molecular weight excluding hydrogens is 295 g/mol. The molecule has 1 N–H and O–H groups in total. The van der Waals surface area contributed by atoms with E-state index in [9.17, 15) is 4.39 Å². The van der Waals surface area contributed by atoms with Gasteiger partial charge >= 0.3 is 0 Å². The first-order valence-corrected chi connectivity index (χ1v) is 8.54. The highest BCUT2D eigenvalue weighted by molar-refractivity contribution is 7.99. The van der Waals surface area contributed by atoms with Crippen molar-refractivity contribution in [2.24, 2.45) is 0 Å². The van der Waals surface area contributed by atoms with Crippen LogP contribution >= 0.6 is 11.8 Å². The highest BCUT2D eigenvalue weighted by Gasteiger charge is 2.36. The molecule has 114 valence electrons. The van der Waals surface area contributed by atoms with Gasteiger partial charge in [0.25, 0.3) is 0 Å². The summed E-state index contributed by atoms with van der Waals surface area (Å²) < 4.78 is 13.1. The molecule has 2 nitrogen and oxygen atoms in total. The lowest BCUT2D eigenvalue weighted by Gasteiger charge is -2.32. The zero-order chi connectivity index (χ0) is 15.1. The Bertz CT molecular complexity index is 686. The van der Waals surface area contributed by atoms with Crippen LogP contribution in [0.4, 0.5) is 10.1 Å². The van der Waals surface area contributed by atoms with E-state index in [0.29, 0.717) is 12.0 Å². The number of nitrogens with zero attached hydrogens (tertiary/aromatic N) is 1. The van der Waals surface area contributed by atoms with Crippen molar-refractivity contribution in [3.8, 4) is 0 Å². The van der Waals surface area contributed by atoms with Crippen molar-refractivity contribution in [2.75, 3.05) is 25.5 Å². The highest BCUT2D eigenvalue weighted by atomic mass is 32.2. The van der Waals surface area contributed by atoms with E-state index in [1.54, 1.807) is 11.8 Å². The fourth-order valence-electron chi connectivity index (χ4n) is 3.51. The maximum Gasteiger partial charge on any atom is 0.123 e. The normalized spacial score (nSPS) is 23.7. The summed E-state index contributed by atoms with van der Waals surface area (Å²) in [6.45, 7) is 2.28. The van der Waals surface area contributed by atoms with Crippen LogP contribution < -0.4 is 5.32 Å². The maximum atomic E-state index is 13.1. The molecule has 2 aliphatic heterocycles. The van der Waals surface area contributed by atoms with Crippen LogP contribution in [0.1, 0.15) is 17.9 Å². The van der Waals surface area contributed by atoms with Gasteiger partial charge in [0, 0.05) is 28.3 Å². The summed E-state index contributed by atoms with van der Waals surface area (Å²) in [7, 11) is 2.20. The molecule has 0 spiro atoms. The van der Waals surface area contributed by atoms with Gasteiger partial charge in [0.05, 0.1) is 5.69 Å². The summed E-state index contributed by atoms with van der Waals surface area (Å²) in [6.07, 6.45) is 1.19. The van der Waals surface area contributed by atoms with Crippen LogP contribution in [0, 0.1) is 5.82 Å². The minimum Gasteiger partial charge on any atom is -0.380 e. The maximum absolute atomic E-state index is 13.1. The Morgan fingerprint density at radius 1 is 1.18 bits per heavy atom. The van der Waals surface area contributed by atoms with Crippen LogP contribution in [-0.2, 0) is 0 Å². The van der Waals surface area contributed by atoms with Gasteiger partial charge in [-0.1, -0.05) is 23.9 Å². The van der Waals surface area contributed by atoms with E-state index in [0.717, 1.165) is 18.0 Å². The lowest BCUT2D eigenvalue weighted by Crippen LogP contribution is -2.39. The Labute approximate surface area is 134 Å². The predicted octanol–water partition coefficient (Wildman–Crippen LogP) is 4.19. The number of hydrogen-bond donors (Lipinski definition) is 1. The number of piperidine rings is 1. The monoisotopic (exact) mass is 314 g/mol. The number of likely N-dealkylation sites (tertiary alicyclic amines) is 1. The number of hydrogen-bond acceptors (Lipinski definition) is 3. The van der Waals surface area contributed by atoms with E-state index in [-0.39, 0.29) is 5.82 Å². The molecule has 2 aromatic carbocycles. The third-order valence-electron chi connectivity index (χ3n) is 4.65. The van der Waals surface area contributed by atoms with Gasteiger partial charge in [0.2, 0.25) is 0 Å². The van der Waals surface area contributed by atoms with Crippen LogP contribution in [0.5, 0.6) is 0 Å². The Kier molecular flexibility index (Phi) is 3.59. The van der Waals surface area contributed by atoms with Gasteiger partial charge in [0.1, 0.15) is 5.82 Å². The van der Waals surface area contributed by atoms with Gasteiger partial charge < -0.3 is 10.2 Å². The second kappa shape index (κ2) is 5.60. The Morgan fingerprint density at radius 2 is 2.00 bits per heavy atom. The summed E-state index contributed by atoms with van der Waals surface area (Å²) in [5, 5.41) is 3.74. The topological polar surface area (TPSA) is 15.3 Å². The summed E-state index contributed by atoms with van der Waals surface area (Å²) in [5.74, 6) is 0.400. The Morgan fingerprint density at radius 3 is 2.82 bits per heavy atom. The molecule has 1 saturated heterocycles. The van der Waals surface area contributed by atoms with Crippen LogP contribution in [0.15, 0.2) is 52.3 Å². The third-order valence-corrected chi connectivity index (χ3v) is 5.71. The van der Waals surface area contributed by atoms with E-state index < -0.39 is 0 Å². The number of benzene rings is 2. The second-order valence-electron chi connectivity index (χ2n) is 6.18. The highest BCUT2D eigenvalue weighted by Crippen LogP contribution is 2.45. The quantitative estimate of drug-likeness (QED) is 0.895. The number of para-hydroxylation sites is 1. The average molecular weight is 314 g/mol. The summed E-state index contributed by atoms with van der Waals surface area (Å²) in [4.78, 5) is 4.72. The molecule has 22 heavy (non-hydrogen) atoms. The van der Waals surface area contributed by atoms with Crippen molar-refractivity contribution >= 4 is 17.4 Å². The Hall–Kier alpha value is -1.52. The van der Waals surface area contributed by atoms with Crippen molar-refractivity contribution in [1.82, 2.24) is 4.90 Å². The minimum absolute atomic E-state index is 0.185. The van der Waals surface area contributed by atoms with Crippen molar-refractivity contribution in [1.29, 1.82) is 0 Å². The molecule has 0 aromatic heterocycles. The molecule has 4 rings (SSSR count). The summed E-state index contributed by atoms with van der Waals surface area (Å²) >= 11 is 1.71. The molecule has 0 saturated carbocycles. The molecule has 0 aliphatic carbocycles. The zero-order valence-electron chi connectivity index (χ0n) is 12.6. The number of halogens is 1. The molecule has 4 heteroatoms. The molecule has 2 atom stereocenters. The SMILES string of the molecule is CN1CCC2Nc3c(Sc4ccc(F)cc4)cccc3C2C1. The third kappa shape index (κ3) is 2.50. The minimum atomic E-state index is -0.185. The molecule has 2 aromatic rings. The number of fused-ring (bicyclic) bond motifs is 3. The molecule has 2 aliphatic rings. The molecule has 0 bridgehead atoms. The lowest BCUT2D eigenvalue weighted by molar-refractivity contribution is 0.243. The first-order valence-electron chi connectivity index (χ1n) is 7.72. The van der Waals surface area contributed by atoms with E-state index in [2.05, 4.69) is 35.5 Å². The largest absolute Gasteiger partial charge is 0.380 e. The summed E-state index contributed by atoms with van der Waals surface area (Å²) in [5.41, 5.74) is 2.71. The smallest absolute Gasteiger partial charge is 0.123 e. The van der Waals surface area contributed by atoms with Crippen molar-refractivity contribution in [2.45, 2.75) is 28.2 Å². The predicted molar refractivity (Wildman–Crippen MR) is 89.2 cm³/mol. The number of rotatable bonds is 2. The van der Waals surface area contributed by atoms with Crippen molar-refractivity contribution in [3.05, 3.63) is 53.8 Å². The number of anilines is 1. The average Bonchev–Trinajstić information content (AvgIpc) is 2.89. The van der Waals surface area contributed by atoms with Crippen molar-refractivity contribution in [3.63, 3.8) is 0 Å². The van der Waals surface area contributed by atoms with E-state index in [1.807, 2.05) is 12.1 Å². The fourth-order valence-corrected chi connectivity index (χ4v) is 4.47. The van der Waals surface area contributed by atoms with Gasteiger partial charge in [-0.15, -0.1) is 0 Å². The summed E-state index contributed by atoms with van der Waals surface area (Å²) in [6, 6.07) is 13.8. The molecule has 2 heterocycles. The molecule has 1 fully saturated rings. The first-order chi connectivity index (χ1) is 10.7. The lowest BCUT2D eigenvalue weighted by atomic mass is 9.90. The van der Waals surface area contributed by atoms with Crippen LogP contribution in [0.3, 0.4) is 0 Å². The van der Waals surface area contributed by atoms with Crippen LogP contribution in [0.2, 0.25) is 0 Å². The standard InChI is InChI=1S/C18H19FN2S/c1-21-10-9-16-15(11-21)14-3-2-4-17(18(14)20-16)22-13-7-5-12(19)6-8-13/h2-8,15-16,20H,9-11H2,1H3. The van der Waals surface area contributed by atoms with E-state index in [1.165, 1.54) is 34.7 Å². The molecule has 0 amide bonds. The van der Waals surface area contributed by atoms with Gasteiger partial charge in [-0.2, -0.15) is 0 Å². The van der Waals surface area contributed by atoms with E-state index in [4.69, 9.17) is 0 Å². The molecule has 0 radical (unpaired) electrons. The molecule has 2 unspecified atom stereocenters. The number of nitrogens with one attached hydrogen (secondary N) is 1. The second-order valence-corrected chi connectivity index (χ2v) is 7.30. The van der Waals surface area contributed by atoms with Gasteiger partial charge in [0.15, 0.2) is 0 Å². The fraction of sp³-hybridized carbons (Fsp3) is 0.333. The number of likely N-dealkylation sites (N-methyl/N-ethyl adjacent to an activating group) is 1. The first kappa shape index (κ1) is 14.1. The van der Waals surface area contributed by atoms with Crippen LogP contribution in [0.25, 0.3) is 0 Å². The van der Waals surface area contributed by atoms with Crippen molar-refractivity contribution < 1.29 is 4.39 Å². The Balaban J connectivity index is 1.65. The molecular formula is C18H19FN2S. The van der Waals surface area contributed by atoms with Gasteiger partial charge in [-0.3, -0.25) is 0 Å². The van der Waals surface area contributed by atoms with Gasteiger partial charge in [-0.25, -0.2) is 4.39 Å².